The zero-order chi connectivity index (χ0) is 13.8. The molecule has 3 nitrogen and oxygen atoms in total. The van der Waals surface area contributed by atoms with Crippen LogP contribution in [-0.4, -0.2) is 17.7 Å². The van der Waals surface area contributed by atoms with Gasteiger partial charge in [-0.3, -0.25) is 4.79 Å². The molecule has 0 unspecified atom stereocenters. The van der Waals surface area contributed by atoms with E-state index in [2.05, 4.69) is 0 Å². The molecular formula is C14H19FO3. The first kappa shape index (κ1) is 14.5. The van der Waals surface area contributed by atoms with Gasteiger partial charge in [-0.1, -0.05) is 0 Å². The predicted molar refractivity (Wildman–Crippen MR) is 67.3 cm³/mol. The Morgan fingerprint density at radius 2 is 2.11 bits per heavy atom. The average Bonchev–Trinajstić information content (AvgIpc) is 2.29. The first-order valence-corrected chi connectivity index (χ1v) is 5.95. The maximum Gasteiger partial charge on any atom is 0.309 e. The van der Waals surface area contributed by atoms with Gasteiger partial charge in [0.05, 0.1) is 12.0 Å². The summed E-state index contributed by atoms with van der Waals surface area (Å²) in [6.07, 6.45) is 1.19. The Kier molecular flexibility index (Phi) is 4.70. The highest BCUT2D eigenvalue weighted by Gasteiger charge is 2.26. The molecular weight excluding hydrogens is 235 g/mol. The standard InChI is InChI=1S/C14H19FO3/c1-10-9-11(5-6-12(10)15)18-8-4-7-14(2,3)13(16)17/h5-6,9H,4,7-8H2,1-3H3,(H,16,17). The normalized spacial score (nSPS) is 11.3. The van der Waals surface area contributed by atoms with E-state index in [1.54, 1.807) is 32.9 Å². The summed E-state index contributed by atoms with van der Waals surface area (Å²) in [6, 6.07) is 4.58. The third-order valence-corrected chi connectivity index (χ3v) is 2.92. The summed E-state index contributed by atoms with van der Waals surface area (Å²) in [7, 11) is 0. The number of carbonyl (C=O) groups is 1. The molecule has 1 aromatic rings. The largest absolute Gasteiger partial charge is 0.494 e. The molecule has 0 saturated carbocycles. The van der Waals surface area contributed by atoms with Crippen molar-refractivity contribution in [3.8, 4) is 5.75 Å². The molecule has 1 aromatic carbocycles. The van der Waals surface area contributed by atoms with E-state index >= 15 is 0 Å². The zero-order valence-electron chi connectivity index (χ0n) is 11.0. The topological polar surface area (TPSA) is 46.5 Å². The Labute approximate surface area is 107 Å². The highest BCUT2D eigenvalue weighted by atomic mass is 19.1. The van der Waals surface area contributed by atoms with Crippen LogP contribution >= 0.6 is 0 Å². The molecule has 0 radical (unpaired) electrons. The van der Waals surface area contributed by atoms with Crippen LogP contribution in [0.5, 0.6) is 5.75 Å². The van der Waals surface area contributed by atoms with Crippen LogP contribution in [0.15, 0.2) is 18.2 Å². The van der Waals surface area contributed by atoms with E-state index in [0.29, 0.717) is 30.8 Å². The lowest BCUT2D eigenvalue weighted by Gasteiger charge is -2.18. The van der Waals surface area contributed by atoms with Crippen LogP contribution in [0.25, 0.3) is 0 Å². The van der Waals surface area contributed by atoms with Crippen LogP contribution in [0.3, 0.4) is 0 Å². The molecule has 0 amide bonds. The molecule has 0 saturated heterocycles. The average molecular weight is 254 g/mol. The van der Waals surface area contributed by atoms with Crippen molar-refractivity contribution in [2.24, 2.45) is 5.41 Å². The Hall–Kier alpha value is -1.58. The van der Waals surface area contributed by atoms with E-state index in [4.69, 9.17) is 9.84 Å². The van der Waals surface area contributed by atoms with Crippen LogP contribution in [0, 0.1) is 18.2 Å². The van der Waals surface area contributed by atoms with Gasteiger partial charge in [-0.05, 0) is 57.4 Å². The molecule has 100 valence electrons. The van der Waals surface area contributed by atoms with Crippen molar-refractivity contribution in [1.82, 2.24) is 0 Å². The first-order chi connectivity index (χ1) is 8.33. The van der Waals surface area contributed by atoms with Crippen molar-refractivity contribution in [2.45, 2.75) is 33.6 Å². The molecule has 18 heavy (non-hydrogen) atoms. The SMILES string of the molecule is Cc1cc(OCCCC(C)(C)C(=O)O)ccc1F. The van der Waals surface area contributed by atoms with Gasteiger partial charge in [0.1, 0.15) is 11.6 Å². The summed E-state index contributed by atoms with van der Waals surface area (Å²) in [5.74, 6) is -0.448. The van der Waals surface area contributed by atoms with Gasteiger partial charge in [-0.2, -0.15) is 0 Å². The molecule has 1 rings (SSSR count). The Bertz CT molecular complexity index is 427. The van der Waals surface area contributed by atoms with Gasteiger partial charge in [0.2, 0.25) is 0 Å². The van der Waals surface area contributed by atoms with Gasteiger partial charge in [0.25, 0.3) is 0 Å². The van der Waals surface area contributed by atoms with Crippen LogP contribution in [0.1, 0.15) is 32.3 Å². The first-order valence-electron chi connectivity index (χ1n) is 5.95. The molecule has 0 aliphatic rings. The number of benzene rings is 1. The van der Waals surface area contributed by atoms with Crippen molar-refractivity contribution in [3.63, 3.8) is 0 Å². The number of aliphatic carboxylic acids is 1. The number of hydrogen-bond donors (Lipinski definition) is 1. The minimum atomic E-state index is -0.805. The molecule has 0 heterocycles. The summed E-state index contributed by atoms with van der Waals surface area (Å²) in [5, 5.41) is 8.94. The van der Waals surface area contributed by atoms with E-state index in [1.807, 2.05) is 0 Å². The van der Waals surface area contributed by atoms with Gasteiger partial charge in [-0.25, -0.2) is 4.39 Å². The fourth-order valence-electron chi connectivity index (χ4n) is 1.52. The Morgan fingerprint density at radius 3 is 2.67 bits per heavy atom. The lowest BCUT2D eigenvalue weighted by molar-refractivity contribution is -0.147. The second kappa shape index (κ2) is 5.85. The third-order valence-electron chi connectivity index (χ3n) is 2.92. The molecule has 0 aromatic heterocycles. The third kappa shape index (κ3) is 4.02. The number of halogens is 1. The molecule has 1 N–H and O–H groups in total. The Balaban J connectivity index is 2.38. The molecule has 0 aliphatic carbocycles. The Morgan fingerprint density at radius 1 is 1.44 bits per heavy atom. The maximum atomic E-state index is 13.0. The number of ether oxygens (including phenoxy) is 1. The predicted octanol–water partition coefficient (Wildman–Crippen LogP) is 3.40. The summed E-state index contributed by atoms with van der Waals surface area (Å²) in [5.41, 5.74) is -0.194. The number of aryl methyl sites for hydroxylation is 1. The summed E-state index contributed by atoms with van der Waals surface area (Å²) in [4.78, 5) is 10.9. The van der Waals surface area contributed by atoms with Crippen molar-refractivity contribution < 1.29 is 19.0 Å². The highest BCUT2D eigenvalue weighted by Crippen LogP contribution is 2.23. The van der Waals surface area contributed by atoms with Crippen molar-refractivity contribution in [3.05, 3.63) is 29.6 Å². The summed E-state index contributed by atoms with van der Waals surface area (Å²) in [6.45, 7) is 5.49. The highest BCUT2D eigenvalue weighted by molar-refractivity contribution is 5.73. The van der Waals surface area contributed by atoms with Gasteiger partial charge in [0, 0.05) is 0 Å². The molecule has 0 aliphatic heterocycles. The van der Waals surface area contributed by atoms with Crippen molar-refractivity contribution >= 4 is 5.97 Å². The van der Waals surface area contributed by atoms with Gasteiger partial charge >= 0.3 is 5.97 Å². The molecule has 4 heteroatoms. The van der Waals surface area contributed by atoms with Crippen molar-refractivity contribution in [2.75, 3.05) is 6.61 Å². The van der Waals surface area contributed by atoms with E-state index < -0.39 is 11.4 Å². The smallest absolute Gasteiger partial charge is 0.309 e. The minimum Gasteiger partial charge on any atom is -0.494 e. The van der Waals surface area contributed by atoms with Crippen LogP contribution in [0.4, 0.5) is 4.39 Å². The fourth-order valence-corrected chi connectivity index (χ4v) is 1.52. The maximum absolute atomic E-state index is 13.0. The van der Waals surface area contributed by atoms with Crippen LogP contribution < -0.4 is 4.74 Å². The van der Waals surface area contributed by atoms with Gasteiger partial charge < -0.3 is 9.84 Å². The number of hydrogen-bond acceptors (Lipinski definition) is 2. The van der Waals surface area contributed by atoms with E-state index in [9.17, 15) is 9.18 Å². The minimum absolute atomic E-state index is 0.255. The van der Waals surface area contributed by atoms with E-state index in [-0.39, 0.29) is 5.82 Å². The zero-order valence-corrected chi connectivity index (χ0v) is 11.0. The second-order valence-electron chi connectivity index (χ2n) is 5.05. The summed E-state index contributed by atoms with van der Waals surface area (Å²) < 4.78 is 18.5. The van der Waals surface area contributed by atoms with E-state index in [0.717, 1.165) is 0 Å². The van der Waals surface area contributed by atoms with Crippen LogP contribution in [0.2, 0.25) is 0 Å². The quantitative estimate of drug-likeness (QED) is 0.791. The number of carboxylic acid groups (broad SMARTS) is 1. The molecule has 0 fully saturated rings. The van der Waals surface area contributed by atoms with Gasteiger partial charge in [0.15, 0.2) is 0 Å². The number of carboxylic acids is 1. The van der Waals surface area contributed by atoms with Crippen molar-refractivity contribution in [1.29, 1.82) is 0 Å². The van der Waals surface area contributed by atoms with Crippen LogP contribution in [-0.2, 0) is 4.79 Å². The lowest BCUT2D eigenvalue weighted by atomic mass is 9.88. The van der Waals surface area contributed by atoms with Gasteiger partial charge in [-0.15, -0.1) is 0 Å². The summed E-state index contributed by atoms with van der Waals surface area (Å²) >= 11 is 0. The van der Waals surface area contributed by atoms with E-state index in [1.165, 1.54) is 6.07 Å². The molecule has 0 atom stereocenters. The number of rotatable bonds is 6. The fraction of sp³-hybridized carbons (Fsp3) is 0.500. The monoisotopic (exact) mass is 254 g/mol. The molecule has 0 spiro atoms. The second-order valence-corrected chi connectivity index (χ2v) is 5.05. The lowest BCUT2D eigenvalue weighted by Crippen LogP contribution is -2.24. The molecule has 0 bridgehead atoms.